The molecule has 0 fully saturated rings. The Bertz CT molecular complexity index is 1380. The summed E-state index contributed by atoms with van der Waals surface area (Å²) in [6.45, 7) is 0. The van der Waals surface area contributed by atoms with E-state index in [2.05, 4.69) is 25.9 Å². The molecular formula is C29H34N6O8. The van der Waals surface area contributed by atoms with E-state index in [4.69, 9.17) is 10.8 Å². The van der Waals surface area contributed by atoms with Crippen LogP contribution in [0.5, 0.6) is 5.75 Å². The molecule has 0 aliphatic rings. The summed E-state index contributed by atoms with van der Waals surface area (Å²) in [7, 11) is 0. The largest absolute Gasteiger partial charge is 0.508 e. The SMILES string of the molecule is NC(Cc1cnc[nH]1)C(=O)NC(Cc1ccccc1)C(=O)NC(Cc1ccc(O)cc1)C(=O)NC(CCC(=O)O)C(=O)O. The second-order valence-corrected chi connectivity index (χ2v) is 9.90. The van der Waals surface area contributed by atoms with Crippen molar-refractivity contribution >= 4 is 29.7 Å². The zero-order chi connectivity index (χ0) is 31.4. The lowest BCUT2D eigenvalue weighted by Gasteiger charge is -2.25. The van der Waals surface area contributed by atoms with Crippen LogP contribution in [0.4, 0.5) is 0 Å². The number of aliphatic carboxylic acids is 2. The molecule has 1 aromatic heterocycles. The van der Waals surface area contributed by atoms with E-state index in [-0.39, 0.29) is 31.4 Å². The van der Waals surface area contributed by atoms with Crippen LogP contribution in [-0.2, 0) is 43.2 Å². The standard InChI is InChI=1S/C29H34N6O8/c30-21(14-19-15-31-16-32-19)26(39)34-23(12-17-4-2-1-3-5-17)28(41)35-24(13-18-6-8-20(36)9-7-18)27(40)33-22(29(42)43)10-11-25(37)38/h1-9,15-16,21-24,36H,10-14,30H2,(H,31,32)(H,33,40)(H,34,39)(H,35,41)(H,37,38)(H,42,43). The summed E-state index contributed by atoms with van der Waals surface area (Å²) in [4.78, 5) is 69.4. The van der Waals surface area contributed by atoms with Gasteiger partial charge < -0.3 is 42.0 Å². The minimum atomic E-state index is -1.52. The number of carboxylic acids is 2. The molecule has 4 atom stereocenters. The maximum Gasteiger partial charge on any atom is 0.326 e. The van der Waals surface area contributed by atoms with E-state index >= 15 is 0 Å². The maximum atomic E-state index is 13.6. The average Bonchev–Trinajstić information content (AvgIpc) is 3.48. The fourth-order valence-corrected chi connectivity index (χ4v) is 4.21. The normalized spacial score (nSPS) is 13.6. The van der Waals surface area contributed by atoms with Crippen LogP contribution >= 0.6 is 0 Å². The van der Waals surface area contributed by atoms with Gasteiger partial charge in [0.15, 0.2) is 0 Å². The lowest BCUT2D eigenvalue weighted by atomic mass is 10.0. The number of H-pyrrole nitrogens is 1. The van der Waals surface area contributed by atoms with Crippen molar-refractivity contribution in [1.82, 2.24) is 25.9 Å². The Kier molecular flexibility index (Phi) is 11.8. The van der Waals surface area contributed by atoms with Gasteiger partial charge in [0.05, 0.1) is 12.4 Å². The number of rotatable bonds is 16. The summed E-state index contributed by atoms with van der Waals surface area (Å²) in [6.07, 6.45) is 2.17. The Hall–Kier alpha value is -5.24. The molecule has 0 saturated carbocycles. The summed E-state index contributed by atoms with van der Waals surface area (Å²) in [6, 6.07) is 9.64. The summed E-state index contributed by atoms with van der Waals surface area (Å²) >= 11 is 0. The predicted octanol–water partition coefficient (Wildman–Crippen LogP) is -0.126. The number of aromatic hydroxyl groups is 1. The number of nitrogens with zero attached hydrogens (tertiary/aromatic N) is 1. The van der Waals surface area contributed by atoms with Crippen molar-refractivity contribution in [3.63, 3.8) is 0 Å². The molecule has 1 heterocycles. The lowest BCUT2D eigenvalue weighted by Crippen LogP contribution is -2.58. The Labute approximate surface area is 246 Å². The van der Waals surface area contributed by atoms with E-state index in [1.165, 1.54) is 36.8 Å². The zero-order valence-corrected chi connectivity index (χ0v) is 23.1. The van der Waals surface area contributed by atoms with Crippen LogP contribution in [0.1, 0.15) is 29.7 Å². The molecule has 228 valence electrons. The van der Waals surface area contributed by atoms with Crippen molar-refractivity contribution in [2.75, 3.05) is 0 Å². The Morgan fingerprint density at radius 2 is 1.33 bits per heavy atom. The number of amides is 3. The monoisotopic (exact) mass is 594 g/mol. The predicted molar refractivity (Wildman–Crippen MR) is 153 cm³/mol. The number of aromatic amines is 1. The summed E-state index contributed by atoms with van der Waals surface area (Å²) in [5.74, 6) is -4.93. The van der Waals surface area contributed by atoms with Crippen molar-refractivity contribution in [2.24, 2.45) is 5.73 Å². The molecule has 0 spiro atoms. The maximum absolute atomic E-state index is 13.6. The number of nitrogens with two attached hydrogens (primary N) is 1. The third-order valence-electron chi connectivity index (χ3n) is 6.52. The first-order valence-corrected chi connectivity index (χ1v) is 13.4. The first-order chi connectivity index (χ1) is 20.5. The van der Waals surface area contributed by atoms with Gasteiger partial charge in [0.1, 0.15) is 23.9 Å². The molecule has 3 aromatic rings. The number of aromatic nitrogens is 2. The number of carboxylic acid groups (broad SMARTS) is 2. The van der Waals surface area contributed by atoms with E-state index in [9.17, 15) is 34.2 Å². The van der Waals surface area contributed by atoms with E-state index in [0.29, 0.717) is 16.8 Å². The molecule has 2 aromatic carbocycles. The van der Waals surface area contributed by atoms with E-state index < -0.39 is 60.2 Å². The first kappa shape index (κ1) is 32.3. The number of carbonyl (C=O) groups excluding carboxylic acids is 3. The van der Waals surface area contributed by atoms with E-state index in [1.807, 2.05) is 0 Å². The van der Waals surface area contributed by atoms with Crippen molar-refractivity contribution in [2.45, 2.75) is 56.3 Å². The van der Waals surface area contributed by atoms with E-state index in [0.717, 1.165) is 0 Å². The topological polar surface area (TPSA) is 237 Å². The smallest absolute Gasteiger partial charge is 0.326 e. The summed E-state index contributed by atoms with van der Waals surface area (Å²) in [5.41, 5.74) is 7.93. The van der Waals surface area contributed by atoms with Crippen LogP contribution in [0.2, 0.25) is 0 Å². The minimum Gasteiger partial charge on any atom is -0.508 e. The quantitative estimate of drug-likeness (QED) is 0.109. The second kappa shape index (κ2) is 15.7. The molecule has 14 nitrogen and oxygen atoms in total. The third kappa shape index (κ3) is 10.6. The van der Waals surface area contributed by atoms with Gasteiger partial charge in [-0.2, -0.15) is 0 Å². The van der Waals surface area contributed by atoms with Crippen LogP contribution in [0.15, 0.2) is 67.1 Å². The highest BCUT2D eigenvalue weighted by atomic mass is 16.4. The fourth-order valence-electron chi connectivity index (χ4n) is 4.21. The van der Waals surface area contributed by atoms with Gasteiger partial charge in [0, 0.05) is 37.6 Å². The molecule has 3 amide bonds. The Balaban J connectivity index is 1.83. The van der Waals surface area contributed by atoms with Gasteiger partial charge in [-0.1, -0.05) is 42.5 Å². The Morgan fingerprint density at radius 3 is 1.86 bits per heavy atom. The summed E-state index contributed by atoms with van der Waals surface area (Å²) < 4.78 is 0. The molecule has 14 heteroatoms. The second-order valence-electron chi connectivity index (χ2n) is 9.90. The van der Waals surface area contributed by atoms with Crippen molar-refractivity contribution in [1.29, 1.82) is 0 Å². The van der Waals surface area contributed by atoms with Gasteiger partial charge in [-0.3, -0.25) is 19.2 Å². The highest BCUT2D eigenvalue weighted by molar-refractivity contribution is 5.94. The summed E-state index contributed by atoms with van der Waals surface area (Å²) in [5, 5.41) is 35.7. The van der Waals surface area contributed by atoms with Crippen molar-refractivity contribution in [3.05, 3.63) is 83.9 Å². The molecule has 0 bridgehead atoms. The number of imidazole rings is 1. The third-order valence-corrected chi connectivity index (χ3v) is 6.52. The highest BCUT2D eigenvalue weighted by Gasteiger charge is 2.31. The molecule has 0 saturated heterocycles. The minimum absolute atomic E-state index is 0.0227. The van der Waals surface area contributed by atoms with Crippen molar-refractivity contribution in [3.8, 4) is 5.75 Å². The number of carbonyl (C=O) groups is 5. The molecule has 43 heavy (non-hydrogen) atoms. The van der Waals surface area contributed by atoms with Crippen LogP contribution in [0.3, 0.4) is 0 Å². The van der Waals surface area contributed by atoms with Gasteiger partial charge >= 0.3 is 11.9 Å². The fraction of sp³-hybridized carbons (Fsp3) is 0.310. The molecule has 4 unspecified atom stereocenters. The van der Waals surface area contributed by atoms with Crippen molar-refractivity contribution < 1.29 is 39.3 Å². The van der Waals surface area contributed by atoms with Gasteiger partial charge in [-0.25, -0.2) is 9.78 Å². The number of hydrogen-bond donors (Lipinski definition) is 8. The first-order valence-electron chi connectivity index (χ1n) is 13.4. The molecule has 9 N–H and O–H groups in total. The number of phenolic OH excluding ortho intramolecular Hbond substituents is 1. The van der Waals surface area contributed by atoms with Gasteiger partial charge in [-0.15, -0.1) is 0 Å². The van der Waals surface area contributed by atoms with Crippen LogP contribution in [0.25, 0.3) is 0 Å². The molecular weight excluding hydrogens is 560 g/mol. The average molecular weight is 595 g/mol. The molecule has 3 rings (SSSR count). The number of phenols is 1. The molecule has 0 aliphatic carbocycles. The number of benzene rings is 2. The van der Waals surface area contributed by atoms with Crippen LogP contribution in [-0.4, -0.2) is 79.1 Å². The van der Waals surface area contributed by atoms with Gasteiger partial charge in [0.2, 0.25) is 17.7 Å². The molecule has 0 aliphatic heterocycles. The Morgan fingerprint density at radius 1 is 0.767 bits per heavy atom. The van der Waals surface area contributed by atoms with E-state index in [1.54, 1.807) is 30.3 Å². The molecule has 0 radical (unpaired) electrons. The number of nitrogens with one attached hydrogen (secondary N) is 4. The van der Waals surface area contributed by atoms with Gasteiger partial charge in [0.25, 0.3) is 0 Å². The van der Waals surface area contributed by atoms with Crippen LogP contribution < -0.4 is 21.7 Å². The zero-order valence-electron chi connectivity index (χ0n) is 23.1. The van der Waals surface area contributed by atoms with Crippen LogP contribution in [0, 0.1) is 0 Å². The number of hydrogen-bond acceptors (Lipinski definition) is 8. The highest BCUT2D eigenvalue weighted by Crippen LogP contribution is 2.13. The van der Waals surface area contributed by atoms with Gasteiger partial charge in [-0.05, 0) is 29.7 Å². The lowest BCUT2D eigenvalue weighted by molar-refractivity contribution is -0.143.